The Morgan fingerprint density at radius 1 is 0.688 bits per heavy atom. The third-order valence-corrected chi connectivity index (χ3v) is 5.77. The zero-order chi connectivity index (χ0) is 23.0. The second-order valence-electron chi connectivity index (χ2n) is 7.58. The fraction of sp³-hybridized carbons (Fsp3) is 0.231. The van der Waals surface area contributed by atoms with E-state index >= 15 is 0 Å². The van der Waals surface area contributed by atoms with Gasteiger partial charge in [-0.2, -0.15) is 0 Å². The van der Waals surface area contributed by atoms with Crippen LogP contribution in [0.1, 0.15) is 48.9 Å². The molecule has 0 amide bonds. The van der Waals surface area contributed by atoms with Gasteiger partial charge in [-0.3, -0.25) is 9.59 Å². The average molecular weight is 432 g/mol. The van der Waals surface area contributed by atoms with E-state index in [4.69, 9.17) is 18.9 Å². The van der Waals surface area contributed by atoms with Crippen molar-refractivity contribution in [2.24, 2.45) is 0 Å². The van der Waals surface area contributed by atoms with E-state index in [1.807, 2.05) is 19.1 Å². The summed E-state index contributed by atoms with van der Waals surface area (Å²) in [5.41, 5.74) is 2.97. The van der Waals surface area contributed by atoms with Crippen molar-refractivity contribution in [3.05, 3.63) is 81.9 Å². The number of methoxy groups -OCH3 is 4. The highest BCUT2D eigenvalue weighted by molar-refractivity contribution is 6.23. The van der Waals surface area contributed by atoms with Gasteiger partial charge < -0.3 is 18.9 Å². The van der Waals surface area contributed by atoms with Gasteiger partial charge in [-0.05, 0) is 53.9 Å². The van der Waals surface area contributed by atoms with Crippen molar-refractivity contribution in [3.8, 4) is 23.0 Å². The number of carbonyl (C=O) groups excluding carboxylic acids is 2. The molecule has 0 aliphatic heterocycles. The van der Waals surface area contributed by atoms with Crippen LogP contribution in [0.5, 0.6) is 23.0 Å². The Morgan fingerprint density at radius 2 is 1.31 bits per heavy atom. The van der Waals surface area contributed by atoms with Crippen molar-refractivity contribution in [2.75, 3.05) is 28.4 Å². The van der Waals surface area contributed by atoms with Crippen LogP contribution in [0.25, 0.3) is 0 Å². The average Bonchev–Trinajstić information content (AvgIpc) is 2.90. The number of rotatable bonds is 5. The number of Topliss-reactive ketones (excluding diaryl/α,β-unsaturated/α-hetero) is 1. The molecule has 0 saturated carbocycles. The fourth-order valence-corrected chi connectivity index (χ4v) is 4.26. The van der Waals surface area contributed by atoms with Crippen LogP contribution in [-0.4, -0.2) is 40.0 Å². The second-order valence-corrected chi connectivity index (χ2v) is 7.58. The number of ether oxygens (including phenoxy) is 4. The third kappa shape index (κ3) is 3.38. The summed E-state index contributed by atoms with van der Waals surface area (Å²) in [6.45, 7) is 1.86. The number of fused-ring (bicyclic) bond motifs is 2. The molecule has 1 aliphatic rings. The molecule has 0 radical (unpaired) electrons. The molecule has 4 rings (SSSR count). The molecule has 0 bridgehead atoms. The highest BCUT2D eigenvalue weighted by atomic mass is 16.5. The molecule has 32 heavy (non-hydrogen) atoms. The lowest BCUT2D eigenvalue weighted by atomic mass is 9.83. The Hall–Kier alpha value is -3.80. The molecule has 0 N–H and O–H groups in total. The van der Waals surface area contributed by atoms with E-state index in [-0.39, 0.29) is 17.1 Å². The molecule has 164 valence electrons. The van der Waals surface area contributed by atoms with Crippen molar-refractivity contribution < 1.29 is 28.5 Å². The highest BCUT2D eigenvalue weighted by Crippen LogP contribution is 2.44. The first kappa shape index (κ1) is 21.4. The lowest BCUT2D eigenvalue weighted by Gasteiger charge is -2.20. The minimum Gasteiger partial charge on any atom is -0.497 e. The van der Waals surface area contributed by atoms with E-state index in [9.17, 15) is 9.59 Å². The first-order chi connectivity index (χ1) is 15.4. The molecule has 0 heterocycles. The molecular weight excluding hydrogens is 408 g/mol. The van der Waals surface area contributed by atoms with Crippen LogP contribution in [0.15, 0.2) is 48.5 Å². The fourth-order valence-electron chi connectivity index (χ4n) is 4.26. The van der Waals surface area contributed by atoms with Gasteiger partial charge in [0.2, 0.25) is 0 Å². The van der Waals surface area contributed by atoms with Crippen LogP contribution in [0.4, 0.5) is 0 Å². The Kier molecular flexibility index (Phi) is 5.61. The normalized spacial score (nSPS) is 14.8. The summed E-state index contributed by atoms with van der Waals surface area (Å²) in [5, 5.41) is 0. The van der Waals surface area contributed by atoms with Gasteiger partial charge in [0, 0.05) is 11.6 Å². The van der Waals surface area contributed by atoms with E-state index in [1.165, 1.54) is 21.3 Å². The first-order valence-electron chi connectivity index (χ1n) is 10.1. The van der Waals surface area contributed by atoms with E-state index < -0.39 is 5.92 Å². The van der Waals surface area contributed by atoms with Gasteiger partial charge in [0.25, 0.3) is 0 Å². The van der Waals surface area contributed by atoms with Crippen molar-refractivity contribution in [2.45, 2.75) is 12.8 Å². The minimum absolute atomic E-state index is 0.232. The Labute approximate surface area is 186 Å². The number of carbonyl (C=O) groups is 2. The van der Waals surface area contributed by atoms with Gasteiger partial charge in [0.05, 0.1) is 45.5 Å². The summed E-state index contributed by atoms with van der Waals surface area (Å²) < 4.78 is 21.8. The molecule has 6 heteroatoms. The van der Waals surface area contributed by atoms with E-state index in [0.29, 0.717) is 39.7 Å². The summed E-state index contributed by atoms with van der Waals surface area (Å²) >= 11 is 0. The zero-order valence-electron chi connectivity index (χ0n) is 18.6. The van der Waals surface area contributed by atoms with Crippen molar-refractivity contribution >= 4 is 11.6 Å². The summed E-state index contributed by atoms with van der Waals surface area (Å²) in [4.78, 5) is 27.8. The molecule has 3 aromatic rings. The molecule has 0 spiro atoms. The third-order valence-electron chi connectivity index (χ3n) is 5.77. The summed E-state index contributed by atoms with van der Waals surface area (Å²) in [7, 11) is 6.11. The molecule has 1 aliphatic carbocycles. The largest absolute Gasteiger partial charge is 0.497 e. The number of benzene rings is 3. The Balaban J connectivity index is 2.10. The zero-order valence-corrected chi connectivity index (χ0v) is 18.6. The molecule has 0 aromatic heterocycles. The number of aryl methyl sites for hydroxylation is 1. The van der Waals surface area contributed by atoms with E-state index in [1.54, 1.807) is 43.5 Å². The molecule has 0 fully saturated rings. The summed E-state index contributed by atoms with van der Waals surface area (Å²) in [5.74, 6) is 0.600. The predicted octanol–water partition coefficient (Wildman–Crippen LogP) is 4.59. The van der Waals surface area contributed by atoms with Gasteiger partial charge >= 0.3 is 0 Å². The Bertz CT molecular complexity index is 1210. The lowest BCUT2D eigenvalue weighted by molar-refractivity contribution is 0.0965. The lowest BCUT2D eigenvalue weighted by Crippen LogP contribution is -2.16. The van der Waals surface area contributed by atoms with Crippen LogP contribution in [0.2, 0.25) is 0 Å². The topological polar surface area (TPSA) is 71.1 Å². The van der Waals surface area contributed by atoms with Crippen LogP contribution in [0, 0.1) is 6.92 Å². The maximum atomic E-state index is 14.0. The summed E-state index contributed by atoms with van der Waals surface area (Å²) in [6.07, 6.45) is 0. The smallest absolute Gasteiger partial charge is 0.197 e. The molecule has 3 aromatic carbocycles. The standard InChI is InChI=1S/C26H24O6/c1-14-10-19-24(20(11-14)31-4)26(28)22(15-6-8-16(29-2)9-7-15)18-12-17(30-3)13-21(32-5)23(18)25(19)27/h6-13,22H,1-5H3/t22-/m0/s1. The monoisotopic (exact) mass is 432 g/mol. The maximum Gasteiger partial charge on any atom is 0.197 e. The Morgan fingerprint density at radius 3 is 1.91 bits per heavy atom. The highest BCUT2D eigenvalue weighted by Gasteiger charge is 2.39. The number of hydrogen-bond donors (Lipinski definition) is 0. The van der Waals surface area contributed by atoms with Crippen LogP contribution >= 0.6 is 0 Å². The van der Waals surface area contributed by atoms with Crippen LogP contribution in [0.3, 0.4) is 0 Å². The molecule has 6 nitrogen and oxygen atoms in total. The number of ketones is 2. The maximum absolute atomic E-state index is 14.0. The van der Waals surface area contributed by atoms with Crippen molar-refractivity contribution in [3.63, 3.8) is 0 Å². The SMILES string of the molecule is COc1ccc([C@@H]2C(=O)c3c(OC)cc(C)cc3C(=O)c3c(OC)cc(OC)cc32)cc1. The second kappa shape index (κ2) is 8.38. The quantitative estimate of drug-likeness (QED) is 0.587. The first-order valence-corrected chi connectivity index (χ1v) is 10.1. The van der Waals surface area contributed by atoms with E-state index in [2.05, 4.69) is 0 Å². The van der Waals surface area contributed by atoms with Gasteiger partial charge in [-0.25, -0.2) is 0 Å². The van der Waals surface area contributed by atoms with Gasteiger partial charge in [-0.1, -0.05) is 12.1 Å². The predicted molar refractivity (Wildman–Crippen MR) is 120 cm³/mol. The van der Waals surface area contributed by atoms with Gasteiger partial charge in [0.1, 0.15) is 23.0 Å². The van der Waals surface area contributed by atoms with Gasteiger partial charge in [0.15, 0.2) is 11.6 Å². The van der Waals surface area contributed by atoms with Crippen molar-refractivity contribution in [1.82, 2.24) is 0 Å². The van der Waals surface area contributed by atoms with Crippen molar-refractivity contribution in [1.29, 1.82) is 0 Å². The van der Waals surface area contributed by atoms with Crippen LogP contribution in [-0.2, 0) is 0 Å². The van der Waals surface area contributed by atoms with Gasteiger partial charge in [-0.15, -0.1) is 0 Å². The molecule has 1 atom stereocenters. The molecule has 0 unspecified atom stereocenters. The minimum atomic E-state index is -0.762. The molecule has 0 saturated heterocycles. The number of hydrogen-bond acceptors (Lipinski definition) is 6. The molecular formula is C26H24O6. The van der Waals surface area contributed by atoms with Crippen LogP contribution < -0.4 is 18.9 Å². The van der Waals surface area contributed by atoms with E-state index in [0.717, 1.165) is 11.1 Å². The summed E-state index contributed by atoms with van der Waals surface area (Å²) in [6, 6.07) is 14.1.